The second-order valence-electron chi connectivity index (χ2n) is 9.67. The summed E-state index contributed by atoms with van der Waals surface area (Å²) in [6.07, 6.45) is 1.69. The monoisotopic (exact) mass is 602 g/mol. The van der Waals surface area contributed by atoms with Crippen LogP contribution in [-0.2, 0) is 15.3 Å². The standard InChI is InChI=1S/C26H25BrClFN6O3/c1-15-11-17(3-8-20(15)27)16(2)34-12-22(31-32-34)26(29)13-33(14-26)23(36)10-9-21-24(37)35(25(38)30-21)19-6-4-18(28)5-7-19/h3-8,11-12,16,21H,9-10,13-14H2,1-2H3,(H,30,38)/t16-,21?/m0/s1. The SMILES string of the molecule is Cc1cc([C@H](C)n2cc(C3(F)CN(C(=O)CCC4NC(=O)N(c5ccc(Cl)cc5)C4=O)C3)nn2)ccc1Br. The highest BCUT2D eigenvalue weighted by molar-refractivity contribution is 9.10. The lowest BCUT2D eigenvalue weighted by Gasteiger charge is -2.43. The van der Waals surface area contributed by atoms with E-state index in [1.807, 2.05) is 32.0 Å². The molecule has 0 radical (unpaired) electrons. The summed E-state index contributed by atoms with van der Waals surface area (Å²) in [4.78, 5) is 40.2. The predicted molar refractivity (Wildman–Crippen MR) is 143 cm³/mol. The van der Waals surface area contributed by atoms with Gasteiger partial charge < -0.3 is 10.2 Å². The van der Waals surface area contributed by atoms with Gasteiger partial charge in [-0.2, -0.15) is 0 Å². The molecule has 1 N–H and O–H groups in total. The van der Waals surface area contributed by atoms with Crippen LogP contribution < -0.4 is 10.2 Å². The lowest BCUT2D eigenvalue weighted by Crippen LogP contribution is -2.59. The van der Waals surface area contributed by atoms with Crippen LogP contribution in [-0.4, -0.2) is 56.9 Å². The van der Waals surface area contributed by atoms with E-state index in [4.69, 9.17) is 11.6 Å². The Kier molecular flexibility index (Phi) is 6.99. The molecule has 2 fully saturated rings. The minimum absolute atomic E-state index is 0.00608. The predicted octanol–water partition coefficient (Wildman–Crippen LogP) is 4.52. The van der Waals surface area contributed by atoms with Gasteiger partial charge in [0.1, 0.15) is 11.7 Å². The second-order valence-corrected chi connectivity index (χ2v) is 11.0. The smallest absolute Gasteiger partial charge is 0.329 e. The van der Waals surface area contributed by atoms with E-state index < -0.39 is 23.6 Å². The maximum Gasteiger partial charge on any atom is 0.329 e. The number of likely N-dealkylation sites (tertiary alicyclic amines) is 1. The molecule has 4 amide bonds. The number of amides is 4. The summed E-state index contributed by atoms with van der Waals surface area (Å²) in [7, 11) is 0. The van der Waals surface area contributed by atoms with Gasteiger partial charge in [0.05, 0.1) is 31.0 Å². The number of carbonyl (C=O) groups excluding carboxylic acids is 3. The number of imide groups is 1. The maximum atomic E-state index is 15.5. The van der Waals surface area contributed by atoms with Crippen molar-refractivity contribution < 1.29 is 18.8 Å². The first-order chi connectivity index (χ1) is 18.1. The third-order valence-corrected chi connectivity index (χ3v) is 8.16. The van der Waals surface area contributed by atoms with E-state index >= 15 is 4.39 Å². The number of urea groups is 1. The summed E-state index contributed by atoms with van der Waals surface area (Å²) in [5.41, 5.74) is 0.892. The van der Waals surface area contributed by atoms with Gasteiger partial charge in [-0.3, -0.25) is 9.59 Å². The number of benzene rings is 2. The zero-order chi connectivity index (χ0) is 27.2. The van der Waals surface area contributed by atoms with Gasteiger partial charge >= 0.3 is 6.03 Å². The Morgan fingerprint density at radius 3 is 2.63 bits per heavy atom. The number of halogens is 3. The van der Waals surface area contributed by atoms with Crippen LogP contribution in [0.3, 0.4) is 0 Å². The molecule has 0 aliphatic carbocycles. The molecular weight excluding hydrogens is 579 g/mol. The zero-order valence-electron chi connectivity index (χ0n) is 20.7. The highest BCUT2D eigenvalue weighted by atomic mass is 79.9. The van der Waals surface area contributed by atoms with Gasteiger partial charge in [0.15, 0.2) is 5.67 Å². The van der Waals surface area contributed by atoms with E-state index in [0.29, 0.717) is 10.7 Å². The van der Waals surface area contributed by atoms with Gasteiger partial charge in [-0.25, -0.2) is 18.8 Å². The summed E-state index contributed by atoms with van der Waals surface area (Å²) >= 11 is 9.37. The van der Waals surface area contributed by atoms with Crippen molar-refractivity contribution in [3.63, 3.8) is 0 Å². The average molecular weight is 604 g/mol. The fourth-order valence-electron chi connectivity index (χ4n) is 4.64. The Morgan fingerprint density at radius 1 is 1.24 bits per heavy atom. The molecule has 5 rings (SSSR count). The molecular formula is C26H25BrClFN6O3. The highest BCUT2D eigenvalue weighted by Crippen LogP contribution is 2.36. The summed E-state index contributed by atoms with van der Waals surface area (Å²) in [6.45, 7) is 3.67. The molecule has 0 bridgehead atoms. The van der Waals surface area contributed by atoms with Crippen LogP contribution in [0.2, 0.25) is 5.02 Å². The Labute approximate surface area is 232 Å². The van der Waals surface area contributed by atoms with Gasteiger partial charge in [0, 0.05) is 15.9 Å². The lowest BCUT2D eigenvalue weighted by molar-refractivity contribution is -0.146. The fourth-order valence-corrected chi connectivity index (χ4v) is 5.01. The molecule has 198 valence electrons. The summed E-state index contributed by atoms with van der Waals surface area (Å²) < 4.78 is 18.1. The zero-order valence-corrected chi connectivity index (χ0v) is 23.0. The molecule has 38 heavy (non-hydrogen) atoms. The van der Waals surface area contributed by atoms with Crippen molar-refractivity contribution in [3.8, 4) is 0 Å². The minimum atomic E-state index is -1.79. The van der Waals surface area contributed by atoms with Crippen molar-refractivity contribution in [1.29, 1.82) is 0 Å². The molecule has 3 heterocycles. The fraction of sp³-hybridized carbons (Fsp3) is 0.346. The molecule has 1 unspecified atom stereocenters. The van der Waals surface area contributed by atoms with Gasteiger partial charge in [-0.1, -0.05) is 44.9 Å². The number of nitrogens with zero attached hydrogens (tertiary/aromatic N) is 5. The van der Waals surface area contributed by atoms with Crippen molar-refractivity contribution in [2.75, 3.05) is 18.0 Å². The Balaban J connectivity index is 1.15. The molecule has 1 aromatic heterocycles. The molecule has 0 saturated carbocycles. The normalized spacial score (nSPS) is 19.3. The largest absolute Gasteiger partial charge is 0.335 e. The Hall–Kier alpha value is -3.31. The van der Waals surface area contributed by atoms with Crippen LogP contribution in [0.5, 0.6) is 0 Å². The molecule has 3 aromatic rings. The van der Waals surface area contributed by atoms with E-state index in [1.54, 1.807) is 35.1 Å². The number of hydrogen-bond acceptors (Lipinski definition) is 5. The second kappa shape index (κ2) is 10.1. The highest BCUT2D eigenvalue weighted by Gasteiger charge is 2.49. The van der Waals surface area contributed by atoms with Crippen LogP contribution >= 0.6 is 27.5 Å². The van der Waals surface area contributed by atoms with Crippen molar-refractivity contribution in [1.82, 2.24) is 25.2 Å². The lowest BCUT2D eigenvalue weighted by atomic mass is 9.92. The number of nitrogens with one attached hydrogen (secondary N) is 1. The molecule has 9 nitrogen and oxygen atoms in total. The van der Waals surface area contributed by atoms with Crippen LogP contribution in [0, 0.1) is 6.92 Å². The van der Waals surface area contributed by atoms with Crippen molar-refractivity contribution in [2.24, 2.45) is 0 Å². The molecule has 12 heteroatoms. The molecule has 2 aliphatic rings. The van der Waals surface area contributed by atoms with E-state index in [-0.39, 0.29) is 43.6 Å². The minimum Gasteiger partial charge on any atom is -0.335 e. The van der Waals surface area contributed by atoms with Crippen LogP contribution in [0.1, 0.15) is 42.6 Å². The molecule has 2 saturated heterocycles. The summed E-state index contributed by atoms with van der Waals surface area (Å²) in [6, 6.07) is 10.8. The first-order valence-corrected chi connectivity index (χ1v) is 13.3. The first-order valence-electron chi connectivity index (χ1n) is 12.1. The molecule has 2 aliphatic heterocycles. The number of aromatic nitrogens is 3. The van der Waals surface area contributed by atoms with Gasteiger partial charge in [-0.15, -0.1) is 5.10 Å². The van der Waals surface area contributed by atoms with E-state index in [1.165, 1.54) is 4.90 Å². The Bertz CT molecular complexity index is 1410. The van der Waals surface area contributed by atoms with Gasteiger partial charge in [-0.05, 0) is 61.7 Å². The summed E-state index contributed by atoms with van der Waals surface area (Å²) in [5.74, 6) is -0.739. The number of hydrogen-bond donors (Lipinski definition) is 1. The molecule has 2 aromatic carbocycles. The van der Waals surface area contributed by atoms with Gasteiger partial charge in [0.2, 0.25) is 5.91 Å². The maximum absolute atomic E-state index is 15.5. The number of carbonyl (C=O) groups is 3. The molecule has 2 atom stereocenters. The van der Waals surface area contributed by atoms with E-state index in [0.717, 1.165) is 20.5 Å². The van der Waals surface area contributed by atoms with Crippen molar-refractivity contribution in [2.45, 2.75) is 44.4 Å². The van der Waals surface area contributed by atoms with E-state index in [9.17, 15) is 14.4 Å². The van der Waals surface area contributed by atoms with Crippen LogP contribution in [0.15, 0.2) is 53.1 Å². The average Bonchev–Trinajstić information content (AvgIpc) is 3.47. The Morgan fingerprint density at radius 2 is 1.95 bits per heavy atom. The third kappa shape index (κ3) is 4.92. The van der Waals surface area contributed by atoms with E-state index in [2.05, 4.69) is 31.6 Å². The number of aryl methyl sites for hydroxylation is 1. The summed E-state index contributed by atoms with van der Waals surface area (Å²) in [5, 5.41) is 11.3. The molecule has 0 spiro atoms. The van der Waals surface area contributed by atoms with Crippen LogP contribution in [0.4, 0.5) is 14.9 Å². The number of alkyl halides is 1. The first kappa shape index (κ1) is 26.3. The van der Waals surface area contributed by atoms with Gasteiger partial charge in [0.25, 0.3) is 5.91 Å². The topological polar surface area (TPSA) is 100 Å². The third-order valence-electron chi connectivity index (χ3n) is 7.02. The van der Waals surface area contributed by atoms with Crippen molar-refractivity contribution >= 4 is 51.1 Å². The number of anilines is 1. The van der Waals surface area contributed by atoms with Crippen molar-refractivity contribution in [3.05, 3.63) is 75.0 Å². The van der Waals surface area contributed by atoms with Crippen LogP contribution in [0.25, 0.3) is 0 Å². The quantitative estimate of drug-likeness (QED) is 0.400. The number of rotatable bonds is 7.